The van der Waals surface area contributed by atoms with Crippen LogP contribution in [0.25, 0.3) is 0 Å². The van der Waals surface area contributed by atoms with Gasteiger partial charge < -0.3 is 20.3 Å². The SMILES string of the molecule is COc1ccccc1CC(C)(C)NCC(O)c1ccc(O)cc1.O=S(=O)(O)O. The van der Waals surface area contributed by atoms with Crippen molar-refractivity contribution in [2.45, 2.75) is 31.9 Å². The van der Waals surface area contributed by atoms with Gasteiger partial charge in [-0.3, -0.25) is 9.11 Å². The molecule has 0 aliphatic heterocycles. The molecule has 156 valence electrons. The van der Waals surface area contributed by atoms with E-state index in [0.29, 0.717) is 6.54 Å². The number of benzene rings is 2. The monoisotopic (exact) mass is 413 g/mol. The Morgan fingerprint density at radius 2 is 1.61 bits per heavy atom. The molecule has 0 amide bonds. The summed E-state index contributed by atoms with van der Waals surface area (Å²) in [6.07, 6.45) is 0.173. The molecule has 2 rings (SSSR count). The van der Waals surface area contributed by atoms with Gasteiger partial charge in [0.25, 0.3) is 0 Å². The number of methoxy groups -OCH3 is 1. The number of hydrogen-bond acceptors (Lipinski definition) is 6. The standard InChI is InChI=1S/C19H25NO3.H2O4S/c1-19(2,12-15-6-4-5-7-18(15)23-3)20-13-17(22)14-8-10-16(21)11-9-14;1-5(2,3)4/h4-11,17,20-22H,12-13H2,1-3H3;(H2,1,2,3,4). The first-order valence-electron chi connectivity index (χ1n) is 8.45. The minimum atomic E-state index is -4.67. The molecule has 0 aliphatic rings. The zero-order valence-electron chi connectivity index (χ0n) is 16.0. The Labute approximate surface area is 165 Å². The van der Waals surface area contributed by atoms with E-state index in [-0.39, 0.29) is 11.3 Å². The van der Waals surface area contributed by atoms with E-state index in [9.17, 15) is 10.2 Å². The minimum Gasteiger partial charge on any atom is -0.508 e. The molecule has 2 aromatic carbocycles. The highest BCUT2D eigenvalue weighted by molar-refractivity contribution is 7.79. The maximum atomic E-state index is 10.3. The number of aliphatic hydroxyl groups is 1. The number of β-amino-alcohol motifs (C(OH)–C–C–N with tert-alkyl or cyclic N) is 1. The van der Waals surface area contributed by atoms with Crippen LogP contribution in [-0.4, -0.2) is 46.9 Å². The summed E-state index contributed by atoms with van der Waals surface area (Å²) in [6.45, 7) is 4.64. The van der Waals surface area contributed by atoms with Gasteiger partial charge in [0.1, 0.15) is 11.5 Å². The number of ether oxygens (including phenoxy) is 1. The lowest BCUT2D eigenvalue weighted by atomic mass is 9.94. The second-order valence-corrected chi connectivity index (χ2v) is 7.70. The Balaban J connectivity index is 0.000000696. The van der Waals surface area contributed by atoms with Crippen LogP contribution in [0.2, 0.25) is 0 Å². The van der Waals surface area contributed by atoms with Gasteiger partial charge in [-0.1, -0.05) is 30.3 Å². The number of hydrogen-bond donors (Lipinski definition) is 5. The van der Waals surface area contributed by atoms with Crippen molar-refractivity contribution in [1.29, 1.82) is 0 Å². The molecule has 0 aromatic heterocycles. The Morgan fingerprint density at radius 3 is 2.14 bits per heavy atom. The lowest BCUT2D eigenvalue weighted by molar-refractivity contribution is 0.160. The Hall–Kier alpha value is -2.17. The van der Waals surface area contributed by atoms with E-state index < -0.39 is 16.5 Å². The molecular formula is C19H27NO7S. The van der Waals surface area contributed by atoms with Crippen LogP contribution in [0.1, 0.15) is 31.1 Å². The fraction of sp³-hybridized carbons (Fsp3) is 0.368. The van der Waals surface area contributed by atoms with E-state index >= 15 is 0 Å². The summed E-state index contributed by atoms with van der Waals surface area (Å²) in [6, 6.07) is 14.6. The predicted molar refractivity (Wildman–Crippen MR) is 106 cm³/mol. The van der Waals surface area contributed by atoms with Crippen molar-refractivity contribution in [1.82, 2.24) is 5.32 Å². The first kappa shape index (κ1) is 23.9. The van der Waals surface area contributed by atoms with Gasteiger partial charge in [-0.2, -0.15) is 8.42 Å². The zero-order chi connectivity index (χ0) is 21.4. The number of phenolic OH excluding ortho intramolecular Hbond substituents is 1. The molecule has 1 unspecified atom stereocenters. The molecule has 28 heavy (non-hydrogen) atoms. The Bertz CT molecular complexity index is 828. The van der Waals surface area contributed by atoms with Crippen LogP contribution < -0.4 is 10.1 Å². The van der Waals surface area contributed by atoms with Crippen molar-refractivity contribution in [3.8, 4) is 11.5 Å². The molecule has 0 bridgehead atoms. The third-order valence-electron chi connectivity index (χ3n) is 3.88. The molecule has 8 nitrogen and oxygen atoms in total. The van der Waals surface area contributed by atoms with Gasteiger partial charge in [-0.05, 0) is 49.6 Å². The molecule has 1 atom stereocenters. The topological polar surface area (TPSA) is 136 Å². The van der Waals surface area contributed by atoms with Crippen molar-refractivity contribution in [3.05, 3.63) is 59.7 Å². The van der Waals surface area contributed by atoms with E-state index in [1.807, 2.05) is 18.2 Å². The first-order chi connectivity index (χ1) is 12.9. The summed E-state index contributed by atoms with van der Waals surface area (Å²) in [7, 11) is -2.99. The number of aromatic hydroxyl groups is 1. The fourth-order valence-electron chi connectivity index (χ4n) is 2.57. The summed E-state index contributed by atoms with van der Waals surface area (Å²) in [5.74, 6) is 1.08. The molecule has 0 aliphatic carbocycles. The lowest BCUT2D eigenvalue weighted by Gasteiger charge is -2.28. The van der Waals surface area contributed by atoms with E-state index in [0.717, 1.165) is 23.3 Å². The highest BCUT2D eigenvalue weighted by atomic mass is 32.3. The minimum absolute atomic E-state index is 0.188. The number of nitrogens with one attached hydrogen (secondary N) is 1. The average Bonchev–Trinajstić information content (AvgIpc) is 2.59. The largest absolute Gasteiger partial charge is 0.508 e. The molecule has 0 fully saturated rings. The van der Waals surface area contributed by atoms with Gasteiger partial charge in [-0.15, -0.1) is 0 Å². The van der Waals surface area contributed by atoms with Crippen LogP contribution in [0.15, 0.2) is 48.5 Å². The van der Waals surface area contributed by atoms with Crippen LogP contribution in [0.5, 0.6) is 11.5 Å². The van der Waals surface area contributed by atoms with Crippen molar-refractivity contribution in [2.24, 2.45) is 0 Å². The number of aliphatic hydroxyl groups excluding tert-OH is 1. The number of para-hydroxylation sites is 1. The molecule has 0 heterocycles. The van der Waals surface area contributed by atoms with Gasteiger partial charge in [0, 0.05) is 12.1 Å². The molecule has 9 heteroatoms. The second-order valence-electron chi connectivity index (χ2n) is 6.81. The fourth-order valence-corrected chi connectivity index (χ4v) is 2.57. The Kier molecular flexibility index (Phi) is 8.86. The second kappa shape index (κ2) is 10.4. The highest BCUT2D eigenvalue weighted by Gasteiger charge is 2.21. The molecular weight excluding hydrogens is 386 g/mol. The van der Waals surface area contributed by atoms with Crippen LogP contribution in [0.4, 0.5) is 0 Å². The first-order valence-corrected chi connectivity index (χ1v) is 9.85. The van der Waals surface area contributed by atoms with Crippen LogP contribution in [0, 0.1) is 0 Å². The summed E-state index contributed by atoms with van der Waals surface area (Å²) >= 11 is 0. The van der Waals surface area contributed by atoms with Gasteiger partial charge in [-0.25, -0.2) is 0 Å². The lowest BCUT2D eigenvalue weighted by Crippen LogP contribution is -2.43. The number of rotatable bonds is 7. The highest BCUT2D eigenvalue weighted by Crippen LogP contribution is 2.23. The van der Waals surface area contributed by atoms with Crippen LogP contribution in [0.3, 0.4) is 0 Å². The molecule has 0 spiro atoms. The van der Waals surface area contributed by atoms with Crippen molar-refractivity contribution in [3.63, 3.8) is 0 Å². The molecule has 0 saturated heterocycles. The third-order valence-corrected chi connectivity index (χ3v) is 3.88. The van der Waals surface area contributed by atoms with Crippen molar-refractivity contribution >= 4 is 10.4 Å². The summed E-state index contributed by atoms with van der Waals surface area (Å²) in [5, 5.41) is 23.0. The van der Waals surface area contributed by atoms with Crippen molar-refractivity contribution in [2.75, 3.05) is 13.7 Å². The molecule has 2 aromatic rings. The van der Waals surface area contributed by atoms with Gasteiger partial charge in [0.15, 0.2) is 0 Å². The van der Waals surface area contributed by atoms with E-state index in [1.54, 1.807) is 31.4 Å². The molecule has 0 radical (unpaired) electrons. The maximum Gasteiger partial charge on any atom is 0.394 e. The summed E-state index contributed by atoms with van der Waals surface area (Å²) in [4.78, 5) is 0. The van der Waals surface area contributed by atoms with Gasteiger partial charge in [0.05, 0.1) is 13.2 Å². The van der Waals surface area contributed by atoms with E-state index in [2.05, 4.69) is 25.2 Å². The summed E-state index contributed by atoms with van der Waals surface area (Å²) < 4.78 is 37.0. The van der Waals surface area contributed by atoms with E-state index in [4.69, 9.17) is 22.3 Å². The zero-order valence-corrected chi connectivity index (χ0v) is 16.8. The van der Waals surface area contributed by atoms with Gasteiger partial charge >= 0.3 is 10.4 Å². The van der Waals surface area contributed by atoms with Gasteiger partial charge in [0.2, 0.25) is 0 Å². The van der Waals surface area contributed by atoms with E-state index in [1.165, 1.54) is 0 Å². The average molecular weight is 413 g/mol. The molecule has 0 saturated carbocycles. The number of phenols is 1. The Morgan fingerprint density at radius 1 is 1.07 bits per heavy atom. The quantitative estimate of drug-likeness (QED) is 0.437. The van der Waals surface area contributed by atoms with Crippen LogP contribution >= 0.6 is 0 Å². The van der Waals surface area contributed by atoms with Crippen molar-refractivity contribution < 1.29 is 32.5 Å². The maximum absolute atomic E-state index is 10.3. The smallest absolute Gasteiger partial charge is 0.394 e. The predicted octanol–water partition coefficient (Wildman–Crippen LogP) is 2.39. The normalized spacial score (nSPS) is 12.6. The van der Waals surface area contributed by atoms with Crippen LogP contribution in [-0.2, 0) is 16.8 Å². The molecule has 5 N–H and O–H groups in total. The third kappa shape index (κ3) is 9.67. The summed E-state index contributed by atoms with van der Waals surface area (Å²) in [5.41, 5.74) is 1.72.